The molecule has 0 fully saturated rings. The van der Waals surface area contributed by atoms with Crippen molar-refractivity contribution in [2.24, 2.45) is 5.14 Å². The van der Waals surface area contributed by atoms with Gasteiger partial charge in [-0.25, -0.2) is 13.6 Å². The van der Waals surface area contributed by atoms with E-state index in [9.17, 15) is 13.2 Å². The summed E-state index contributed by atoms with van der Waals surface area (Å²) < 4.78 is 20.7. The van der Waals surface area contributed by atoms with Gasteiger partial charge in [-0.15, -0.1) is 0 Å². The molecule has 0 spiro atoms. The Morgan fingerprint density at radius 3 is 2.17 bits per heavy atom. The van der Waals surface area contributed by atoms with Crippen molar-refractivity contribution in [3.63, 3.8) is 0 Å². The minimum atomic E-state index is -3.81. The number of benzene rings is 2. The van der Waals surface area contributed by atoms with Crippen LogP contribution in [0.25, 0.3) is 6.08 Å². The fraction of sp³-hybridized carbons (Fsp3) is 0.111. The number of rotatable bonds is 6. The highest BCUT2D eigenvalue weighted by atomic mass is 35.6. The molecule has 12 heteroatoms. The van der Waals surface area contributed by atoms with E-state index in [2.05, 4.69) is 16.0 Å². The second-order valence-corrected chi connectivity index (χ2v) is 10.2. The number of halogens is 3. The van der Waals surface area contributed by atoms with Crippen molar-refractivity contribution in [3.05, 3.63) is 66.2 Å². The Morgan fingerprint density at radius 1 is 1.03 bits per heavy atom. The predicted octanol–water partition coefficient (Wildman–Crippen LogP) is 3.15. The number of carbonyl (C=O) groups excluding carboxylic acids is 1. The first-order valence-electron chi connectivity index (χ1n) is 8.26. The van der Waals surface area contributed by atoms with Crippen molar-refractivity contribution >= 4 is 79.8 Å². The molecule has 0 aromatic heterocycles. The Kier molecular flexibility index (Phi) is 8.48. The van der Waals surface area contributed by atoms with Gasteiger partial charge in [-0.3, -0.25) is 4.79 Å². The number of amides is 1. The molecule has 5 N–H and O–H groups in total. The SMILES string of the molecule is NS(=O)(=O)c1ccc(NC(=S)NC(NC(=O)/C=C/c2ccccc2)C(Cl)(Cl)Cl)cc1. The summed E-state index contributed by atoms with van der Waals surface area (Å²) in [4.78, 5) is 12.1. The average Bonchev–Trinajstić information content (AvgIpc) is 2.65. The Labute approximate surface area is 194 Å². The molecule has 0 bridgehead atoms. The van der Waals surface area contributed by atoms with Crippen LogP contribution in [0, 0.1) is 0 Å². The van der Waals surface area contributed by atoms with Crippen LogP contribution >= 0.6 is 47.0 Å². The molecule has 0 heterocycles. The van der Waals surface area contributed by atoms with Gasteiger partial charge >= 0.3 is 0 Å². The van der Waals surface area contributed by atoms with Crippen LogP contribution in [0.3, 0.4) is 0 Å². The third kappa shape index (κ3) is 8.10. The number of alkyl halides is 3. The van der Waals surface area contributed by atoms with E-state index >= 15 is 0 Å². The fourth-order valence-corrected chi connectivity index (χ4v) is 3.23. The lowest BCUT2D eigenvalue weighted by Gasteiger charge is -2.27. The van der Waals surface area contributed by atoms with Crippen LogP contribution in [0.15, 0.2) is 65.6 Å². The molecule has 2 aromatic rings. The second-order valence-electron chi connectivity index (χ2n) is 5.90. The van der Waals surface area contributed by atoms with E-state index in [0.29, 0.717) is 5.69 Å². The molecule has 0 aliphatic rings. The third-order valence-electron chi connectivity index (χ3n) is 3.56. The summed E-state index contributed by atoms with van der Waals surface area (Å²) in [6.45, 7) is 0. The quantitative estimate of drug-likeness (QED) is 0.207. The van der Waals surface area contributed by atoms with Gasteiger partial charge in [0.25, 0.3) is 0 Å². The molecule has 0 aliphatic heterocycles. The van der Waals surface area contributed by atoms with E-state index in [1.165, 1.54) is 30.3 Å². The number of primary sulfonamides is 1. The van der Waals surface area contributed by atoms with Gasteiger partial charge in [-0.05, 0) is 48.1 Å². The summed E-state index contributed by atoms with van der Waals surface area (Å²) in [5.41, 5.74) is 1.28. The number of thiocarbonyl (C=S) groups is 1. The molecule has 2 aromatic carbocycles. The van der Waals surface area contributed by atoms with Crippen LogP contribution in [0.2, 0.25) is 0 Å². The van der Waals surface area contributed by atoms with Gasteiger partial charge in [0.05, 0.1) is 4.90 Å². The lowest BCUT2D eigenvalue weighted by Crippen LogP contribution is -2.55. The number of nitrogens with two attached hydrogens (primary N) is 1. The van der Waals surface area contributed by atoms with Crippen LogP contribution in [-0.2, 0) is 14.8 Å². The first-order valence-corrected chi connectivity index (χ1v) is 11.3. The third-order valence-corrected chi connectivity index (χ3v) is 5.36. The lowest BCUT2D eigenvalue weighted by atomic mass is 10.2. The maximum Gasteiger partial charge on any atom is 0.245 e. The highest BCUT2D eigenvalue weighted by Gasteiger charge is 2.34. The van der Waals surface area contributed by atoms with Gasteiger partial charge in [0.1, 0.15) is 6.17 Å². The number of carbonyl (C=O) groups is 1. The van der Waals surface area contributed by atoms with Crippen molar-refractivity contribution in [2.45, 2.75) is 14.9 Å². The molecule has 0 radical (unpaired) electrons. The van der Waals surface area contributed by atoms with Gasteiger partial charge in [-0.1, -0.05) is 65.1 Å². The fourth-order valence-electron chi connectivity index (χ4n) is 2.15. The van der Waals surface area contributed by atoms with Crippen molar-refractivity contribution in [3.8, 4) is 0 Å². The van der Waals surface area contributed by atoms with E-state index in [4.69, 9.17) is 52.2 Å². The summed E-state index contributed by atoms with van der Waals surface area (Å²) in [5, 5.41) is 13.1. The minimum absolute atomic E-state index is 0.0296. The maximum absolute atomic E-state index is 12.2. The molecule has 0 aliphatic carbocycles. The predicted molar refractivity (Wildman–Crippen MR) is 125 cm³/mol. The minimum Gasteiger partial charge on any atom is -0.339 e. The molecule has 0 saturated carbocycles. The zero-order valence-corrected chi connectivity index (χ0v) is 19.1. The van der Waals surface area contributed by atoms with Gasteiger partial charge in [0.2, 0.25) is 19.7 Å². The molecule has 7 nitrogen and oxygen atoms in total. The summed E-state index contributed by atoms with van der Waals surface area (Å²) in [7, 11) is -3.81. The Hall–Kier alpha value is -1.88. The number of anilines is 1. The van der Waals surface area contributed by atoms with Gasteiger partial charge in [0.15, 0.2) is 5.11 Å². The normalized spacial score (nSPS) is 12.9. The summed E-state index contributed by atoms with van der Waals surface area (Å²) in [5.74, 6) is -0.511. The summed E-state index contributed by atoms with van der Waals surface area (Å²) in [6.07, 6.45) is 1.75. The zero-order valence-electron chi connectivity index (χ0n) is 15.2. The highest BCUT2D eigenvalue weighted by Crippen LogP contribution is 2.29. The van der Waals surface area contributed by atoms with E-state index in [1.807, 2.05) is 30.3 Å². The average molecular weight is 508 g/mol. The first-order chi connectivity index (χ1) is 13.9. The summed E-state index contributed by atoms with van der Waals surface area (Å²) in [6, 6.07) is 14.7. The highest BCUT2D eigenvalue weighted by molar-refractivity contribution is 7.89. The largest absolute Gasteiger partial charge is 0.339 e. The second kappa shape index (κ2) is 10.4. The smallest absolute Gasteiger partial charge is 0.245 e. The molecular weight excluding hydrogens is 491 g/mol. The topological polar surface area (TPSA) is 113 Å². The molecule has 160 valence electrons. The number of hydrogen-bond acceptors (Lipinski definition) is 4. The molecule has 1 atom stereocenters. The monoisotopic (exact) mass is 506 g/mol. The molecule has 1 amide bonds. The molecule has 1 unspecified atom stereocenters. The Bertz CT molecular complexity index is 1020. The maximum atomic E-state index is 12.2. The number of hydrogen-bond donors (Lipinski definition) is 4. The molecule has 0 saturated heterocycles. The molecule has 2 rings (SSSR count). The van der Waals surface area contributed by atoms with Crippen LogP contribution in [-0.4, -0.2) is 29.4 Å². The Morgan fingerprint density at radius 2 is 1.63 bits per heavy atom. The van der Waals surface area contributed by atoms with E-state index < -0.39 is 25.9 Å². The van der Waals surface area contributed by atoms with Gasteiger partial charge in [0, 0.05) is 11.8 Å². The lowest BCUT2D eigenvalue weighted by molar-refractivity contribution is -0.117. The Balaban J connectivity index is 2.01. The van der Waals surface area contributed by atoms with Crippen LogP contribution < -0.4 is 21.1 Å². The van der Waals surface area contributed by atoms with E-state index in [1.54, 1.807) is 6.08 Å². The van der Waals surface area contributed by atoms with Crippen molar-refractivity contribution in [1.82, 2.24) is 10.6 Å². The number of nitrogens with one attached hydrogen (secondary N) is 3. The van der Waals surface area contributed by atoms with Crippen molar-refractivity contribution < 1.29 is 13.2 Å². The zero-order chi connectivity index (χ0) is 22.4. The van der Waals surface area contributed by atoms with Crippen molar-refractivity contribution in [1.29, 1.82) is 0 Å². The van der Waals surface area contributed by atoms with Crippen molar-refractivity contribution in [2.75, 3.05) is 5.32 Å². The van der Waals surface area contributed by atoms with Gasteiger partial charge < -0.3 is 16.0 Å². The van der Waals surface area contributed by atoms with Crippen LogP contribution in [0.5, 0.6) is 0 Å². The van der Waals surface area contributed by atoms with Gasteiger partial charge in [-0.2, -0.15) is 0 Å². The first kappa shape index (κ1) is 24.4. The van der Waals surface area contributed by atoms with E-state index in [-0.39, 0.29) is 10.0 Å². The van der Waals surface area contributed by atoms with E-state index in [0.717, 1.165) is 5.56 Å². The molecule has 30 heavy (non-hydrogen) atoms. The number of sulfonamides is 1. The van der Waals surface area contributed by atoms with Crippen LogP contribution in [0.4, 0.5) is 5.69 Å². The summed E-state index contributed by atoms with van der Waals surface area (Å²) >= 11 is 23.0. The van der Waals surface area contributed by atoms with Crippen LogP contribution in [0.1, 0.15) is 5.56 Å². The standard InChI is InChI=1S/C18H17Cl3N4O3S2/c19-18(20,21)16(24-15(26)11-6-12-4-2-1-3-5-12)25-17(29)23-13-7-9-14(10-8-13)30(22,27)28/h1-11,16H,(H,24,26)(H2,22,27,28)(H2,23,25,29)/b11-6+. The molecular formula is C18H17Cl3N4O3S2.